The molecule has 1 aromatic heterocycles. The monoisotopic (exact) mass is 271 g/mol. The van der Waals surface area contributed by atoms with Crippen LogP contribution in [0.25, 0.3) is 0 Å². The minimum Gasteiger partial charge on any atom is -0.306 e. The van der Waals surface area contributed by atoms with E-state index in [2.05, 4.69) is 50.5 Å². The molecule has 2 atom stereocenters. The fourth-order valence-electron chi connectivity index (χ4n) is 1.87. The summed E-state index contributed by atoms with van der Waals surface area (Å²) >= 11 is 3.89. The van der Waals surface area contributed by atoms with E-state index >= 15 is 0 Å². The topological polar surface area (TPSA) is 12.0 Å². The molecule has 0 aliphatic rings. The molecule has 0 aliphatic carbocycles. The van der Waals surface area contributed by atoms with Crippen molar-refractivity contribution in [1.82, 2.24) is 5.32 Å². The average molecular weight is 271 g/mol. The van der Waals surface area contributed by atoms with Gasteiger partial charge in [-0.1, -0.05) is 26.8 Å². The maximum atomic E-state index is 3.77. The zero-order valence-corrected chi connectivity index (χ0v) is 13.0. The van der Waals surface area contributed by atoms with E-state index in [-0.39, 0.29) is 0 Å². The maximum absolute atomic E-state index is 3.77. The Kier molecular flexibility index (Phi) is 7.24. The summed E-state index contributed by atoms with van der Waals surface area (Å²) in [6.45, 7) is 9.13. The Morgan fingerprint density at radius 2 is 2.12 bits per heavy atom. The first-order valence-corrected chi connectivity index (χ1v) is 8.55. The molecule has 0 aliphatic heterocycles. The molecule has 1 aromatic rings. The smallest absolute Gasteiger partial charge is 0.0440 e. The molecule has 17 heavy (non-hydrogen) atoms. The molecule has 0 radical (unpaired) electrons. The molecule has 0 amide bonds. The van der Waals surface area contributed by atoms with Gasteiger partial charge in [-0.3, -0.25) is 0 Å². The van der Waals surface area contributed by atoms with Crippen LogP contribution < -0.4 is 5.32 Å². The van der Waals surface area contributed by atoms with Gasteiger partial charge >= 0.3 is 0 Å². The summed E-state index contributed by atoms with van der Waals surface area (Å²) in [6.07, 6.45) is 1.26. The number of hydrogen-bond acceptors (Lipinski definition) is 3. The second-order valence-electron chi connectivity index (χ2n) is 4.79. The third kappa shape index (κ3) is 5.45. The standard InChI is InChI=1S/C14H25NS2/c1-5-16-10-8-12(4)15-14(11(2)3)13-7-6-9-17-13/h6-7,9,11-12,14-15H,5,8,10H2,1-4H3. The number of nitrogens with one attached hydrogen (secondary N) is 1. The number of rotatable bonds is 8. The molecule has 3 heteroatoms. The molecule has 0 fully saturated rings. The van der Waals surface area contributed by atoms with Crippen LogP contribution in [0.3, 0.4) is 0 Å². The largest absolute Gasteiger partial charge is 0.306 e. The van der Waals surface area contributed by atoms with Crippen molar-refractivity contribution in [3.8, 4) is 0 Å². The first kappa shape index (κ1) is 15.1. The minimum atomic E-state index is 0.511. The molecule has 0 aromatic carbocycles. The van der Waals surface area contributed by atoms with Crippen LogP contribution in [0, 0.1) is 5.92 Å². The van der Waals surface area contributed by atoms with E-state index in [9.17, 15) is 0 Å². The molecular weight excluding hydrogens is 246 g/mol. The second-order valence-corrected chi connectivity index (χ2v) is 7.16. The van der Waals surface area contributed by atoms with E-state index in [0.29, 0.717) is 18.0 Å². The molecule has 2 unspecified atom stereocenters. The lowest BCUT2D eigenvalue weighted by Gasteiger charge is -2.25. The van der Waals surface area contributed by atoms with Crippen LogP contribution in [0.2, 0.25) is 0 Å². The van der Waals surface area contributed by atoms with Crippen molar-refractivity contribution in [3.05, 3.63) is 22.4 Å². The van der Waals surface area contributed by atoms with Crippen LogP contribution in [-0.2, 0) is 0 Å². The molecular formula is C14H25NS2. The molecule has 1 nitrogen and oxygen atoms in total. The van der Waals surface area contributed by atoms with E-state index in [4.69, 9.17) is 0 Å². The highest BCUT2D eigenvalue weighted by molar-refractivity contribution is 7.99. The van der Waals surface area contributed by atoms with Gasteiger partial charge in [0.2, 0.25) is 0 Å². The Hall–Kier alpha value is 0.01000. The third-order valence-electron chi connectivity index (χ3n) is 2.88. The van der Waals surface area contributed by atoms with Crippen molar-refractivity contribution < 1.29 is 0 Å². The molecule has 1 heterocycles. The summed E-state index contributed by atoms with van der Waals surface area (Å²) in [5.74, 6) is 3.14. The van der Waals surface area contributed by atoms with Crippen molar-refractivity contribution in [3.63, 3.8) is 0 Å². The van der Waals surface area contributed by atoms with E-state index in [0.717, 1.165) is 0 Å². The van der Waals surface area contributed by atoms with E-state index in [1.54, 1.807) is 0 Å². The summed E-state index contributed by atoms with van der Waals surface area (Å²) in [5, 5.41) is 5.95. The second kappa shape index (κ2) is 8.17. The molecule has 0 saturated heterocycles. The van der Waals surface area contributed by atoms with Crippen molar-refractivity contribution in [2.75, 3.05) is 11.5 Å². The van der Waals surface area contributed by atoms with Crippen molar-refractivity contribution in [2.24, 2.45) is 5.92 Å². The van der Waals surface area contributed by atoms with Crippen molar-refractivity contribution in [1.29, 1.82) is 0 Å². The molecule has 0 saturated carbocycles. The first-order chi connectivity index (χ1) is 8.15. The molecule has 1 N–H and O–H groups in total. The summed E-state index contributed by atoms with van der Waals surface area (Å²) < 4.78 is 0. The predicted molar refractivity (Wildman–Crippen MR) is 82.1 cm³/mol. The van der Waals surface area contributed by atoms with Crippen LogP contribution in [-0.4, -0.2) is 17.5 Å². The van der Waals surface area contributed by atoms with Crippen molar-refractivity contribution >= 4 is 23.1 Å². The van der Waals surface area contributed by atoms with Crippen LogP contribution in [0.5, 0.6) is 0 Å². The van der Waals surface area contributed by atoms with Gasteiger partial charge in [0, 0.05) is 17.0 Å². The van der Waals surface area contributed by atoms with Gasteiger partial charge in [-0.15, -0.1) is 11.3 Å². The van der Waals surface area contributed by atoms with Gasteiger partial charge in [-0.25, -0.2) is 0 Å². The summed E-state index contributed by atoms with van der Waals surface area (Å²) in [7, 11) is 0. The Bertz CT molecular complexity index is 282. The van der Waals surface area contributed by atoms with Gasteiger partial charge < -0.3 is 5.32 Å². The molecule has 0 spiro atoms. The minimum absolute atomic E-state index is 0.511. The zero-order valence-electron chi connectivity index (χ0n) is 11.4. The normalized spacial score (nSPS) is 15.1. The van der Waals surface area contributed by atoms with Gasteiger partial charge in [0.25, 0.3) is 0 Å². The van der Waals surface area contributed by atoms with Gasteiger partial charge in [0.05, 0.1) is 0 Å². The van der Waals surface area contributed by atoms with Crippen LogP contribution in [0.4, 0.5) is 0 Å². The third-order valence-corrected chi connectivity index (χ3v) is 4.77. The maximum Gasteiger partial charge on any atom is 0.0440 e. The highest BCUT2D eigenvalue weighted by Gasteiger charge is 2.18. The van der Waals surface area contributed by atoms with Gasteiger partial charge in [-0.05, 0) is 42.2 Å². The summed E-state index contributed by atoms with van der Waals surface area (Å²) in [6, 6.07) is 5.50. The lowest BCUT2D eigenvalue weighted by molar-refractivity contribution is 0.370. The molecule has 1 rings (SSSR count). The van der Waals surface area contributed by atoms with E-state index in [1.165, 1.54) is 22.8 Å². The fraction of sp³-hybridized carbons (Fsp3) is 0.714. The van der Waals surface area contributed by atoms with E-state index < -0.39 is 0 Å². The Morgan fingerprint density at radius 3 is 2.65 bits per heavy atom. The molecule has 98 valence electrons. The lowest BCUT2D eigenvalue weighted by atomic mass is 10.0. The van der Waals surface area contributed by atoms with Crippen LogP contribution in [0.1, 0.15) is 45.0 Å². The molecule has 0 bridgehead atoms. The quantitative estimate of drug-likeness (QED) is 0.695. The fourth-order valence-corrected chi connectivity index (χ4v) is 3.63. The zero-order chi connectivity index (χ0) is 12.7. The number of thioether (sulfide) groups is 1. The predicted octanol–water partition coefficient (Wildman–Crippen LogP) is 4.57. The Balaban J connectivity index is 2.44. The van der Waals surface area contributed by atoms with Crippen LogP contribution in [0.15, 0.2) is 17.5 Å². The highest BCUT2D eigenvalue weighted by Crippen LogP contribution is 2.26. The van der Waals surface area contributed by atoms with E-state index in [1.807, 2.05) is 23.1 Å². The Labute approximate surface area is 114 Å². The number of hydrogen-bond donors (Lipinski definition) is 1. The van der Waals surface area contributed by atoms with Gasteiger partial charge in [0.1, 0.15) is 0 Å². The van der Waals surface area contributed by atoms with Crippen LogP contribution >= 0.6 is 23.1 Å². The highest BCUT2D eigenvalue weighted by atomic mass is 32.2. The first-order valence-electron chi connectivity index (χ1n) is 6.52. The SMILES string of the molecule is CCSCCC(C)NC(c1cccs1)C(C)C. The summed E-state index contributed by atoms with van der Waals surface area (Å²) in [5.41, 5.74) is 0. The number of thiophene rings is 1. The lowest BCUT2D eigenvalue weighted by Crippen LogP contribution is -2.33. The van der Waals surface area contributed by atoms with Crippen molar-refractivity contribution in [2.45, 2.75) is 46.2 Å². The van der Waals surface area contributed by atoms with Gasteiger partial charge in [-0.2, -0.15) is 11.8 Å². The van der Waals surface area contributed by atoms with Gasteiger partial charge in [0.15, 0.2) is 0 Å². The average Bonchev–Trinajstić information content (AvgIpc) is 2.79. The Morgan fingerprint density at radius 1 is 1.35 bits per heavy atom. The summed E-state index contributed by atoms with van der Waals surface area (Å²) in [4.78, 5) is 1.47.